The van der Waals surface area contributed by atoms with E-state index in [0.29, 0.717) is 11.8 Å². The molecule has 4 aliphatic carbocycles. The summed E-state index contributed by atoms with van der Waals surface area (Å²) in [5.74, 6) is -2.21. The van der Waals surface area contributed by atoms with Crippen LogP contribution in [-0.4, -0.2) is 144 Å². The van der Waals surface area contributed by atoms with Crippen molar-refractivity contribution >= 4 is 10.0 Å². The van der Waals surface area contributed by atoms with Crippen molar-refractivity contribution in [2.75, 3.05) is 26.4 Å². The molecule has 10 N–H and O–H groups in total. The van der Waals surface area contributed by atoms with Gasteiger partial charge in [-0.05, 0) is 74.0 Å². The lowest BCUT2D eigenvalue weighted by molar-refractivity contribution is -0.299. The Labute approximate surface area is 382 Å². The Hall–Kier alpha value is -1.18. The SMILES string of the molecule is FC(F)(F)COC1C(OCC(F)(F)F)C(OCC(F)(F)F)C2C3NC4NC(NC5NC(NC6NC(NC(N3)C2C1OCC(F)(F)F)C1CCCCC61)C1CCCCC51)C1CCCCC41.O[SiH2]O. The Morgan fingerprint density at radius 1 is 0.328 bits per heavy atom. The van der Waals surface area contributed by atoms with E-state index in [1.165, 1.54) is 0 Å². The number of hydrogen-bond donors (Lipinski definition) is 10. The van der Waals surface area contributed by atoms with E-state index in [-0.39, 0.29) is 48.3 Å². The maximum Gasteiger partial charge on any atom is 0.411 e. The molecule has 27 heteroatoms. The van der Waals surface area contributed by atoms with Crippen LogP contribution in [0.5, 0.6) is 0 Å². The van der Waals surface area contributed by atoms with Gasteiger partial charge in [0.25, 0.3) is 10.0 Å². The van der Waals surface area contributed by atoms with Crippen LogP contribution in [0.3, 0.4) is 0 Å². The second-order valence-electron chi connectivity index (χ2n) is 19.9. The molecule has 0 aromatic heterocycles. The van der Waals surface area contributed by atoms with Crippen molar-refractivity contribution in [3.63, 3.8) is 0 Å². The van der Waals surface area contributed by atoms with Crippen LogP contribution in [0.25, 0.3) is 0 Å². The molecule has 67 heavy (non-hydrogen) atoms. The van der Waals surface area contributed by atoms with E-state index in [1.807, 2.05) is 0 Å². The summed E-state index contributed by atoms with van der Waals surface area (Å²) >= 11 is 0. The van der Waals surface area contributed by atoms with Gasteiger partial charge in [0.05, 0.1) is 61.5 Å². The van der Waals surface area contributed by atoms with Gasteiger partial charge in [-0.1, -0.05) is 38.5 Å². The molecular weight excluding hydrogens is 945 g/mol. The van der Waals surface area contributed by atoms with Crippen LogP contribution in [0.15, 0.2) is 0 Å². The van der Waals surface area contributed by atoms with Crippen molar-refractivity contribution in [1.82, 2.24) is 42.5 Å². The predicted molar refractivity (Wildman–Crippen MR) is 215 cm³/mol. The highest BCUT2D eigenvalue weighted by molar-refractivity contribution is 6.13. The number of ether oxygens (including phenoxy) is 4. The minimum Gasteiger partial charge on any atom is -0.415 e. The third-order valence-electron chi connectivity index (χ3n) is 15.8. The average Bonchev–Trinajstić information content (AvgIpc) is 3.98. The number of fused-ring (bicyclic) bond motifs is 20. The van der Waals surface area contributed by atoms with Gasteiger partial charge in [-0.15, -0.1) is 0 Å². The first-order chi connectivity index (χ1) is 31.6. The Kier molecular flexibility index (Phi) is 16.4. The van der Waals surface area contributed by atoms with E-state index in [9.17, 15) is 52.7 Å². The molecule has 14 nitrogen and oxygen atoms in total. The highest BCUT2D eigenvalue weighted by atomic mass is 28.2. The van der Waals surface area contributed by atoms with E-state index in [2.05, 4.69) is 42.5 Å². The van der Waals surface area contributed by atoms with Crippen molar-refractivity contribution < 1.29 is 81.2 Å². The molecule has 0 spiro atoms. The molecule has 0 aromatic rings. The average molecular weight is 1010 g/mol. The Balaban J connectivity index is 0.00000198. The van der Waals surface area contributed by atoms with Crippen LogP contribution in [0.4, 0.5) is 52.7 Å². The van der Waals surface area contributed by atoms with E-state index in [1.54, 1.807) is 0 Å². The lowest BCUT2D eigenvalue weighted by Gasteiger charge is -2.50. The summed E-state index contributed by atoms with van der Waals surface area (Å²) in [7, 11) is -1.58. The van der Waals surface area contributed by atoms with Crippen molar-refractivity contribution in [3.05, 3.63) is 0 Å². The first-order valence-electron chi connectivity index (χ1n) is 23.6. The summed E-state index contributed by atoms with van der Waals surface area (Å²) in [6, 6.07) is 0. The minimum atomic E-state index is -5.16. The monoisotopic (exact) mass is 1010 g/mol. The molecule has 8 bridgehead atoms. The third kappa shape index (κ3) is 12.4. The van der Waals surface area contributed by atoms with Gasteiger partial charge < -0.3 is 28.5 Å². The molecule has 20 unspecified atom stereocenters. The molecule has 0 radical (unpaired) electrons. The molecular formula is C40H64F12N8O6Si. The first kappa shape index (κ1) is 52.1. The summed E-state index contributed by atoms with van der Waals surface area (Å²) in [6.45, 7) is -8.44. The van der Waals surface area contributed by atoms with Gasteiger partial charge in [-0.3, -0.25) is 42.5 Å². The van der Waals surface area contributed by atoms with Crippen LogP contribution < -0.4 is 42.5 Å². The highest BCUT2D eigenvalue weighted by Crippen LogP contribution is 2.49. The van der Waals surface area contributed by atoms with Gasteiger partial charge in [0, 0.05) is 11.8 Å². The molecule has 0 amide bonds. The fourth-order valence-corrected chi connectivity index (χ4v) is 13.5. The van der Waals surface area contributed by atoms with Crippen LogP contribution >= 0.6 is 0 Å². The second-order valence-corrected chi connectivity index (χ2v) is 20.1. The minimum absolute atomic E-state index is 0.0529. The molecule has 9 aliphatic rings. The fourth-order valence-electron chi connectivity index (χ4n) is 13.5. The molecule has 5 heterocycles. The number of nitrogens with one attached hydrogen (secondary N) is 8. The largest absolute Gasteiger partial charge is 0.415 e. The topological polar surface area (TPSA) is 174 Å². The summed E-state index contributed by atoms with van der Waals surface area (Å²) < 4.78 is 189. The molecule has 20 atom stereocenters. The van der Waals surface area contributed by atoms with Crippen LogP contribution in [-0.2, 0) is 18.9 Å². The van der Waals surface area contributed by atoms with E-state index < -0.39 is 122 Å². The van der Waals surface area contributed by atoms with E-state index in [0.717, 1.165) is 77.0 Å². The number of alkyl halides is 12. The molecule has 0 aromatic carbocycles. The number of halogens is 12. The molecule has 5 aliphatic heterocycles. The van der Waals surface area contributed by atoms with Gasteiger partial charge in [0.15, 0.2) is 0 Å². The summed E-state index contributed by atoms with van der Waals surface area (Å²) in [5, 5.41) is 29.4. The fraction of sp³-hybridized carbons (Fsp3) is 1.00. The molecule has 4 saturated carbocycles. The Bertz CT molecular complexity index is 1500. The van der Waals surface area contributed by atoms with Gasteiger partial charge in [0.2, 0.25) is 0 Å². The smallest absolute Gasteiger partial charge is 0.411 e. The highest BCUT2D eigenvalue weighted by Gasteiger charge is 2.64. The normalized spacial score (nSPS) is 44.5. The summed E-state index contributed by atoms with van der Waals surface area (Å²) in [5.41, 5.74) is 0. The zero-order valence-corrected chi connectivity index (χ0v) is 38.0. The Morgan fingerprint density at radius 3 is 0.716 bits per heavy atom. The quantitative estimate of drug-likeness (QED) is 0.127. The molecule has 9 rings (SSSR count). The van der Waals surface area contributed by atoms with Crippen molar-refractivity contribution in [3.8, 4) is 0 Å². The Morgan fingerprint density at radius 2 is 0.507 bits per heavy atom. The van der Waals surface area contributed by atoms with Gasteiger partial charge >= 0.3 is 24.7 Å². The van der Waals surface area contributed by atoms with Gasteiger partial charge in [-0.2, -0.15) is 52.7 Å². The maximum atomic E-state index is 14.1. The lowest BCUT2D eigenvalue weighted by Crippen LogP contribution is -2.67. The zero-order valence-electron chi connectivity index (χ0n) is 36.6. The molecule has 5 saturated heterocycles. The van der Waals surface area contributed by atoms with Gasteiger partial charge in [-0.25, -0.2) is 0 Å². The first-order valence-corrected chi connectivity index (χ1v) is 24.9. The number of hydrogen-bond acceptors (Lipinski definition) is 14. The van der Waals surface area contributed by atoms with Crippen LogP contribution in [0.2, 0.25) is 0 Å². The van der Waals surface area contributed by atoms with E-state index in [4.69, 9.17) is 28.5 Å². The third-order valence-corrected chi connectivity index (χ3v) is 15.8. The summed E-state index contributed by atoms with van der Waals surface area (Å²) in [4.78, 5) is 14.5. The van der Waals surface area contributed by atoms with Crippen molar-refractivity contribution in [2.45, 2.75) is 175 Å². The maximum absolute atomic E-state index is 14.1. The van der Waals surface area contributed by atoms with Crippen molar-refractivity contribution in [1.29, 1.82) is 0 Å². The summed E-state index contributed by atoms with van der Waals surface area (Å²) in [6.07, 6.45) is -22.5. The standard InChI is InChI=1S/C40H60F12N8O4.H4O2Si/c41-37(42,43)13-61-25-23-24(26(62-14-38(44,45)46)28(64-16-40(50,51)52)27(25)63-15-39(47,48)49)36-59-34-22-12-6-4-10-20(22)32(57-34)55-30-18-8-2-1-7-17(18)29(53-30)54-31-19-9-3-5-11-21(19)33(56-31)58-35(23)60-36;1-3-2/h17-36,53-60H,1-16H2;1-2H,3H2. The van der Waals surface area contributed by atoms with E-state index >= 15 is 0 Å². The zero-order chi connectivity index (χ0) is 48.1. The predicted octanol–water partition coefficient (Wildman–Crippen LogP) is 2.81. The molecule has 388 valence electrons. The van der Waals surface area contributed by atoms with Crippen LogP contribution in [0, 0.1) is 47.3 Å². The van der Waals surface area contributed by atoms with Crippen LogP contribution in [0.1, 0.15) is 77.0 Å². The lowest BCUT2D eigenvalue weighted by atomic mass is 9.71. The van der Waals surface area contributed by atoms with Gasteiger partial charge in [0.1, 0.15) is 38.6 Å². The van der Waals surface area contributed by atoms with Crippen molar-refractivity contribution in [2.24, 2.45) is 47.3 Å². The molecule has 9 fully saturated rings. The second kappa shape index (κ2) is 21.1. The number of rotatable bonds is 8.